The second-order valence-corrected chi connectivity index (χ2v) is 5.06. The van der Waals surface area contributed by atoms with E-state index in [2.05, 4.69) is 5.32 Å². The van der Waals surface area contributed by atoms with Crippen molar-refractivity contribution in [1.29, 1.82) is 0 Å². The van der Waals surface area contributed by atoms with Gasteiger partial charge < -0.3 is 10.2 Å². The fraction of sp³-hybridized carbons (Fsp3) is 0.429. The van der Waals surface area contributed by atoms with Crippen molar-refractivity contribution in [3.05, 3.63) is 35.6 Å². The first-order valence-electron chi connectivity index (χ1n) is 6.30. The highest BCUT2D eigenvalue weighted by Gasteiger charge is 2.36. The summed E-state index contributed by atoms with van der Waals surface area (Å²) in [4.78, 5) is 25.4. The van der Waals surface area contributed by atoms with Gasteiger partial charge in [0.2, 0.25) is 11.8 Å². The largest absolute Gasteiger partial charge is 0.345 e. The maximum atomic E-state index is 13.2. The van der Waals surface area contributed by atoms with Gasteiger partial charge in [0.1, 0.15) is 11.9 Å². The fourth-order valence-corrected chi connectivity index (χ4v) is 2.35. The zero-order chi connectivity index (χ0) is 14.0. The predicted molar refractivity (Wildman–Crippen MR) is 68.6 cm³/mol. The normalized spacial score (nSPS) is 19.8. The minimum absolute atomic E-state index is 0.0113. The van der Waals surface area contributed by atoms with E-state index >= 15 is 0 Å². The van der Waals surface area contributed by atoms with E-state index in [0.29, 0.717) is 5.56 Å². The highest BCUT2D eigenvalue weighted by Crippen LogP contribution is 2.18. The Morgan fingerprint density at radius 1 is 1.42 bits per heavy atom. The van der Waals surface area contributed by atoms with Crippen LogP contribution in [0.2, 0.25) is 0 Å². The Morgan fingerprint density at radius 2 is 2.16 bits per heavy atom. The molecule has 1 aliphatic heterocycles. The molecule has 1 aromatic carbocycles. The van der Waals surface area contributed by atoms with Gasteiger partial charge in [-0.1, -0.05) is 26.0 Å². The summed E-state index contributed by atoms with van der Waals surface area (Å²) in [6.45, 7) is 4.05. The number of halogens is 1. The molecule has 0 spiro atoms. The number of carbonyl (C=O) groups excluding carboxylic acids is 2. The summed E-state index contributed by atoms with van der Waals surface area (Å²) in [5.41, 5.74) is 0.689. The van der Waals surface area contributed by atoms with Gasteiger partial charge in [-0.2, -0.15) is 0 Å². The van der Waals surface area contributed by atoms with Crippen LogP contribution in [0.25, 0.3) is 0 Å². The summed E-state index contributed by atoms with van der Waals surface area (Å²) in [5.74, 6) is -0.612. The lowest BCUT2D eigenvalue weighted by Crippen LogP contribution is -2.59. The highest BCUT2D eigenvalue weighted by molar-refractivity contribution is 5.94. The number of piperazine rings is 1. The van der Waals surface area contributed by atoms with Crippen molar-refractivity contribution in [2.24, 2.45) is 5.92 Å². The van der Waals surface area contributed by atoms with Gasteiger partial charge in [-0.25, -0.2) is 4.39 Å². The van der Waals surface area contributed by atoms with Crippen molar-refractivity contribution in [1.82, 2.24) is 10.2 Å². The highest BCUT2D eigenvalue weighted by atomic mass is 19.1. The molecule has 1 aliphatic rings. The average Bonchev–Trinajstić information content (AvgIpc) is 2.33. The number of hydrogen-bond donors (Lipinski definition) is 1. The summed E-state index contributed by atoms with van der Waals surface area (Å²) in [7, 11) is 0. The maximum absolute atomic E-state index is 13.2. The Hall–Kier alpha value is -1.91. The number of hydrogen-bond acceptors (Lipinski definition) is 2. The summed E-state index contributed by atoms with van der Waals surface area (Å²) in [6.07, 6.45) is 0. The Morgan fingerprint density at radius 3 is 2.79 bits per heavy atom. The molecule has 0 aromatic heterocycles. The Labute approximate surface area is 111 Å². The van der Waals surface area contributed by atoms with Gasteiger partial charge in [0.05, 0.1) is 6.54 Å². The van der Waals surface area contributed by atoms with E-state index in [1.54, 1.807) is 12.1 Å². The van der Waals surface area contributed by atoms with Crippen molar-refractivity contribution in [2.75, 3.05) is 6.54 Å². The standard InChI is InChI=1S/C14H17FN2O2/c1-9(2)13-14(19)16-7-12(18)17(13)8-10-4-3-5-11(15)6-10/h3-6,9,13H,7-8H2,1-2H3,(H,16,19). The molecule has 0 aliphatic carbocycles. The summed E-state index contributed by atoms with van der Waals surface area (Å²) in [5, 5.41) is 2.59. The molecular formula is C14H17FN2O2. The van der Waals surface area contributed by atoms with Crippen molar-refractivity contribution in [3.63, 3.8) is 0 Å². The number of carbonyl (C=O) groups is 2. The minimum atomic E-state index is -0.496. The van der Waals surface area contributed by atoms with Gasteiger partial charge in [0, 0.05) is 6.54 Å². The van der Waals surface area contributed by atoms with E-state index in [1.165, 1.54) is 17.0 Å². The molecule has 2 rings (SSSR count). The Balaban J connectivity index is 2.23. The van der Waals surface area contributed by atoms with E-state index in [1.807, 2.05) is 13.8 Å². The number of amides is 2. The second-order valence-electron chi connectivity index (χ2n) is 5.06. The molecule has 1 unspecified atom stereocenters. The van der Waals surface area contributed by atoms with E-state index in [4.69, 9.17) is 0 Å². The first-order chi connectivity index (χ1) is 8.99. The lowest BCUT2D eigenvalue weighted by atomic mass is 9.98. The van der Waals surface area contributed by atoms with Gasteiger partial charge in [-0.15, -0.1) is 0 Å². The molecule has 1 N–H and O–H groups in total. The van der Waals surface area contributed by atoms with Gasteiger partial charge in [-0.3, -0.25) is 9.59 Å². The lowest BCUT2D eigenvalue weighted by Gasteiger charge is -2.37. The smallest absolute Gasteiger partial charge is 0.243 e. The Bertz CT molecular complexity index is 502. The van der Waals surface area contributed by atoms with E-state index in [0.717, 1.165) is 0 Å². The van der Waals surface area contributed by atoms with Crippen molar-refractivity contribution in [2.45, 2.75) is 26.4 Å². The summed E-state index contributed by atoms with van der Waals surface area (Å²) < 4.78 is 13.2. The molecule has 1 atom stereocenters. The van der Waals surface area contributed by atoms with E-state index in [9.17, 15) is 14.0 Å². The average molecular weight is 264 g/mol. The topological polar surface area (TPSA) is 49.4 Å². The van der Waals surface area contributed by atoms with Gasteiger partial charge >= 0.3 is 0 Å². The molecular weight excluding hydrogens is 247 g/mol. The molecule has 0 saturated carbocycles. The van der Waals surface area contributed by atoms with Crippen molar-refractivity contribution >= 4 is 11.8 Å². The molecule has 0 bridgehead atoms. The van der Waals surface area contributed by atoms with Crippen LogP contribution in [0.3, 0.4) is 0 Å². The van der Waals surface area contributed by atoms with Crippen molar-refractivity contribution < 1.29 is 14.0 Å². The first kappa shape index (κ1) is 13.5. The monoisotopic (exact) mass is 264 g/mol. The third-order valence-corrected chi connectivity index (χ3v) is 3.21. The van der Waals surface area contributed by atoms with Crippen LogP contribution >= 0.6 is 0 Å². The molecule has 1 saturated heterocycles. The zero-order valence-electron chi connectivity index (χ0n) is 11.0. The van der Waals surface area contributed by atoms with Gasteiger partial charge in [0.15, 0.2) is 0 Å². The van der Waals surface area contributed by atoms with Crippen LogP contribution in [0.1, 0.15) is 19.4 Å². The maximum Gasteiger partial charge on any atom is 0.243 e. The fourth-order valence-electron chi connectivity index (χ4n) is 2.35. The first-order valence-corrected chi connectivity index (χ1v) is 6.30. The molecule has 102 valence electrons. The lowest BCUT2D eigenvalue weighted by molar-refractivity contribution is -0.148. The van der Waals surface area contributed by atoms with Crippen LogP contribution in [-0.2, 0) is 16.1 Å². The quantitative estimate of drug-likeness (QED) is 0.895. The molecule has 19 heavy (non-hydrogen) atoms. The molecule has 1 aromatic rings. The van der Waals surface area contributed by atoms with Crippen molar-refractivity contribution in [3.8, 4) is 0 Å². The van der Waals surface area contributed by atoms with Crippen LogP contribution < -0.4 is 5.32 Å². The van der Waals surface area contributed by atoms with Crippen LogP contribution in [0.15, 0.2) is 24.3 Å². The minimum Gasteiger partial charge on any atom is -0.345 e. The molecule has 1 heterocycles. The number of benzene rings is 1. The summed E-state index contributed by atoms with van der Waals surface area (Å²) in [6, 6.07) is 5.60. The third kappa shape index (κ3) is 2.92. The molecule has 2 amide bonds. The van der Waals surface area contributed by atoms with Crippen LogP contribution in [0, 0.1) is 11.7 Å². The number of nitrogens with one attached hydrogen (secondary N) is 1. The van der Waals surface area contributed by atoms with E-state index in [-0.39, 0.29) is 36.6 Å². The molecule has 0 radical (unpaired) electrons. The van der Waals surface area contributed by atoms with Crippen LogP contribution in [0.4, 0.5) is 4.39 Å². The van der Waals surface area contributed by atoms with Crippen LogP contribution in [-0.4, -0.2) is 29.3 Å². The molecule has 1 fully saturated rings. The molecule has 4 nitrogen and oxygen atoms in total. The number of nitrogens with zero attached hydrogens (tertiary/aromatic N) is 1. The van der Waals surface area contributed by atoms with Gasteiger partial charge in [0.25, 0.3) is 0 Å². The predicted octanol–water partition coefficient (Wildman–Crippen LogP) is 1.31. The van der Waals surface area contributed by atoms with Crippen LogP contribution in [0.5, 0.6) is 0 Å². The third-order valence-electron chi connectivity index (χ3n) is 3.21. The Kier molecular flexibility index (Phi) is 3.83. The van der Waals surface area contributed by atoms with Gasteiger partial charge in [-0.05, 0) is 23.6 Å². The van der Waals surface area contributed by atoms with E-state index < -0.39 is 6.04 Å². The zero-order valence-corrected chi connectivity index (χ0v) is 11.0. The SMILES string of the molecule is CC(C)C1C(=O)NCC(=O)N1Cc1cccc(F)c1. The second kappa shape index (κ2) is 5.38. The molecule has 5 heteroatoms. The number of rotatable bonds is 3. The summed E-state index contributed by atoms with van der Waals surface area (Å²) >= 11 is 0.